The predicted molar refractivity (Wildman–Crippen MR) is 109 cm³/mol. The molecule has 0 saturated carbocycles. The van der Waals surface area contributed by atoms with Crippen molar-refractivity contribution in [3.05, 3.63) is 58.5 Å². The number of amides is 1. The van der Waals surface area contributed by atoms with Crippen molar-refractivity contribution in [2.45, 2.75) is 51.9 Å². The molecule has 1 atom stereocenters. The minimum Gasteiger partial charge on any atom is -0.340 e. The molecule has 1 fully saturated rings. The zero-order valence-electron chi connectivity index (χ0n) is 18.1. The molecule has 1 saturated heterocycles. The second kappa shape index (κ2) is 9.12. The molecule has 174 valence electrons. The van der Waals surface area contributed by atoms with Gasteiger partial charge in [0.2, 0.25) is 11.8 Å². The molecular weight excluding hydrogens is 439 g/mol. The van der Waals surface area contributed by atoms with Gasteiger partial charge in [0, 0.05) is 19.5 Å². The molecule has 3 aromatic rings. The first-order valence-electron chi connectivity index (χ1n) is 10.4. The molecule has 0 N–H and O–H groups in total. The van der Waals surface area contributed by atoms with Crippen molar-refractivity contribution >= 4 is 12.0 Å². The zero-order valence-corrected chi connectivity index (χ0v) is 18.1. The van der Waals surface area contributed by atoms with Crippen LogP contribution in [0, 0.1) is 13.8 Å². The third-order valence-corrected chi connectivity index (χ3v) is 5.37. The van der Waals surface area contributed by atoms with E-state index in [1.807, 2.05) is 0 Å². The van der Waals surface area contributed by atoms with Crippen molar-refractivity contribution in [3.8, 4) is 0 Å². The Balaban J connectivity index is 1.59. The molecule has 1 aliphatic rings. The first kappa shape index (κ1) is 22.6. The summed E-state index contributed by atoms with van der Waals surface area (Å²) in [6.45, 7) is 3.83. The third-order valence-electron chi connectivity index (χ3n) is 5.37. The summed E-state index contributed by atoms with van der Waals surface area (Å²) in [7, 11) is 0. The number of rotatable bonds is 5. The molecule has 12 heteroatoms. The van der Waals surface area contributed by atoms with Crippen molar-refractivity contribution < 1.29 is 22.5 Å². The molecule has 0 radical (unpaired) electrons. The smallest absolute Gasteiger partial charge is 0.340 e. The number of hydrogen-bond donors (Lipinski definition) is 0. The molecule has 9 nitrogen and oxygen atoms in total. The van der Waals surface area contributed by atoms with Crippen LogP contribution in [0.5, 0.6) is 0 Å². The molecule has 0 unspecified atom stereocenters. The van der Waals surface area contributed by atoms with Crippen LogP contribution >= 0.6 is 0 Å². The van der Waals surface area contributed by atoms with Gasteiger partial charge >= 0.3 is 6.18 Å². The van der Waals surface area contributed by atoms with Gasteiger partial charge in [0.1, 0.15) is 0 Å². The molecule has 2 aromatic heterocycles. The Labute approximate surface area is 187 Å². The number of carbonyl (C=O) groups is 1. The Bertz CT molecular complexity index is 1170. The Morgan fingerprint density at radius 2 is 2.09 bits per heavy atom. The summed E-state index contributed by atoms with van der Waals surface area (Å²) in [5.74, 6) is 1.01. The lowest BCUT2D eigenvalue weighted by Gasteiger charge is -2.33. The summed E-state index contributed by atoms with van der Waals surface area (Å²) >= 11 is 0. The number of nitrogens with zero attached hydrogens (tertiary/aromatic N) is 7. The van der Waals surface area contributed by atoms with E-state index >= 15 is 0 Å². The Morgan fingerprint density at radius 3 is 2.76 bits per heavy atom. The molecule has 4 rings (SSSR count). The van der Waals surface area contributed by atoms with E-state index in [0.717, 1.165) is 25.0 Å². The molecular formula is C21H22F3N7O2. The van der Waals surface area contributed by atoms with Crippen molar-refractivity contribution in [3.63, 3.8) is 0 Å². The summed E-state index contributed by atoms with van der Waals surface area (Å²) in [6.07, 6.45) is 0.852. The van der Waals surface area contributed by atoms with Gasteiger partial charge in [0.25, 0.3) is 0 Å². The quantitative estimate of drug-likeness (QED) is 0.536. The maximum absolute atomic E-state index is 13.3. The number of aromatic nitrogens is 6. The van der Waals surface area contributed by atoms with Gasteiger partial charge < -0.3 is 9.42 Å². The van der Waals surface area contributed by atoms with E-state index in [2.05, 4.69) is 25.6 Å². The Hall–Kier alpha value is -3.57. The number of aryl methyl sites for hydroxylation is 2. The molecule has 0 spiro atoms. The lowest BCUT2D eigenvalue weighted by atomic mass is 10.0. The SMILES string of the molecule is Cc1nnn(Cc2cc(C(F)(F)F)ccc2/C=C/C(=O)N2CCCC[C@@H]2c2noc(C)n2)n1. The van der Waals surface area contributed by atoms with Crippen LogP contribution in [0.2, 0.25) is 0 Å². The molecule has 33 heavy (non-hydrogen) atoms. The maximum Gasteiger partial charge on any atom is 0.416 e. The fourth-order valence-corrected chi connectivity index (χ4v) is 3.80. The second-order valence-electron chi connectivity index (χ2n) is 7.83. The number of alkyl halides is 3. The van der Waals surface area contributed by atoms with Crippen LogP contribution in [0.25, 0.3) is 6.08 Å². The fraction of sp³-hybridized carbons (Fsp3) is 0.429. The van der Waals surface area contributed by atoms with Gasteiger partial charge in [-0.05, 0) is 60.7 Å². The average Bonchev–Trinajstić information content (AvgIpc) is 3.39. The van der Waals surface area contributed by atoms with Crippen LogP contribution in [0.4, 0.5) is 13.2 Å². The number of tetrazole rings is 1. The van der Waals surface area contributed by atoms with E-state index in [1.54, 1.807) is 18.7 Å². The highest BCUT2D eigenvalue weighted by Gasteiger charge is 2.32. The van der Waals surface area contributed by atoms with E-state index in [4.69, 9.17) is 4.52 Å². The number of likely N-dealkylation sites (tertiary alicyclic amines) is 1. The van der Waals surface area contributed by atoms with E-state index in [-0.39, 0.29) is 18.5 Å². The van der Waals surface area contributed by atoms with Gasteiger partial charge in [-0.15, -0.1) is 10.2 Å². The van der Waals surface area contributed by atoms with Gasteiger partial charge in [0.15, 0.2) is 11.6 Å². The van der Waals surface area contributed by atoms with Crippen molar-refractivity contribution in [1.82, 2.24) is 35.2 Å². The van der Waals surface area contributed by atoms with Crippen LogP contribution in [-0.2, 0) is 17.5 Å². The summed E-state index contributed by atoms with van der Waals surface area (Å²) in [4.78, 5) is 20.1. The van der Waals surface area contributed by atoms with Crippen LogP contribution in [0.1, 0.15) is 59.5 Å². The number of benzene rings is 1. The first-order valence-corrected chi connectivity index (χ1v) is 10.4. The summed E-state index contributed by atoms with van der Waals surface area (Å²) in [6, 6.07) is 3.05. The standard InChI is InChI=1S/C21H22F3N7O2/c1-13-26-29-31(27-13)12-16-11-17(21(22,23)24)8-6-15(16)7-9-19(32)30-10-4-3-5-18(30)20-25-14(2)33-28-20/h6-9,11,18H,3-5,10,12H2,1-2H3/b9-7+/t18-/m1/s1. The van der Waals surface area contributed by atoms with E-state index in [0.29, 0.717) is 41.6 Å². The van der Waals surface area contributed by atoms with Gasteiger partial charge in [-0.25, -0.2) is 0 Å². The number of hydrogen-bond acceptors (Lipinski definition) is 7. The van der Waals surface area contributed by atoms with E-state index in [9.17, 15) is 18.0 Å². The largest absolute Gasteiger partial charge is 0.416 e. The molecule has 1 aromatic carbocycles. The van der Waals surface area contributed by atoms with Crippen LogP contribution in [-0.4, -0.2) is 47.7 Å². The van der Waals surface area contributed by atoms with Crippen LogP contribution < -0.4 is 0 Å². The normalized spacial score (nSPS) is 17.1. The number of piperidine rings is 1. The van der Waals surface area contributed by atoms with Crippen LogP contribution in [0.3, 0.4) is 0 Å². The predicted octanol–water partition coefficient (Wildman–Crippen LogP) is 3.51. The minimum atomic E-state index is -4.50. The second-order valence-corrected chi connectivity index (χ2v) is 7.83. The maximum atomic E-state index is 13.3. The highest BCUT2D eigenvalue weighted by molar-refractivity contribution is 5.92. The van der Waals surface area contributed by atoms with Gasteiger partial charge in [0.05, 0.1) is 18.2 Å². The van der Waals surface area contributed by atoms with Crippen molar-refractivity contribution in [2.24, 2.45) is 0 Å². The summed E-state index contributed by atoms with van der Waals surface area (Å²) < 4.78 is 44.8. The lowest BCUT2D eigenvalue weighted by molar-refractivity contribution is -0.137. The highest BCUT2D eigenvalue weighted by atomic mass is 19.4. The zero-order chi connectivity index (χ0) is 23.6. The molecule has 0 bridgehead atoms. The number of halogens is 3. The lowest BCUT2D eigenvalue weighted by Crippen LogP contribution is -2.38. The Kier molecular flexibility index (Phi) is 6.25. The highest BCUT2D eigenvalue weighted by Crippen LogP contribution is 2.32. The summed E-state index contributed by atoms with van der Waals surface area (Å²) in [5.41, 5.74) is -0.0214. The van der Waals surface area contributed by atoms with Gasteiger partial charge in [-0.1, -0.05) is 11.2 Å². The number of carbonyl (C=O) groups excluding carboxylic acids is 1. The van der Waals surface area contributed by atoms with Crippen molar-refractivity contribution in [1.29, 1.82) is 0 Å². The van der Waals surface area contributed by atoms with Crippen LogP contribution in [0.15, 0.2) is 28.8 Å². The third kappa shape index (κ3) is 5.26. The summed E-state index contributed by atoms with van der Waals surface area (Å²) in [5, 5.41) is 15.6. The minimum absolute atomic E-state index is 0.0207. The monoisotopic (exact) mass is 461 g/mol. The molecule has 0 aliphatic carbocycles. The van der Waals surface area contributed by atoms with Gasteiger partial charge in [-0.3, -0.25) is 4.79 Å². The molecule has 1 aliphatic heterocycles. The first-order chi connectivity index (χ1) is 15.7. The van der Waals surface area contributed by atoms with E-state index < -0.39 is 11.7 Å². The molecule has 1 amide bonds. The fourth-order valence-electron chi connectivity index (χ4n) is 3.80. The topological polar surface area (TPSA) is 103 Å². The van der Waals surface area contributed by atoms with E-state index in [1.165, 1.54) is 23.0 Å². The van der Waals surface area contributed by atoms with Crippen molar-refractivity contribution in [2.75, 3.05) is 6.54 Å². The van der Waals surface area contributed by atoms with Gasteiger partial charge in [-0.2, -0.15) is 23.0 Å². The average molecular weight is 461 g/mol. The Morgan fingerprint density at radius 1 is 1.27 bits per heavy atom. The molecule has 3 heterocycles.